The van der Waals surface area contributed by atoms with Crippen LogP contribution in [0.2, 0.25) is 0 Å². The Morgan fingerprint density at radius 3 is 2.60 bits per heavy atom. The molecule has 1 amide bonds. The Morgan fingerprint density at radius 1 is 1.35 bits per heavy atom. The molecule has 1 N–H and O–H groups in total. The summed E-state index contributed by atoms with van der Waals surface area (Å²) in [4.78, 5) is 21.6. The summed E-state index contributed by atoms with van der Waals surface area (Å²) in [5.41, 5.74) is -1.22. The van der Waals surface area contributed by atoms with Gasteiger partial charge in [0.25, 0.3) is 11.6 Å². The molecule has 1 aromatic rings. The highest BCUT2D eigenvalue weighted by molar-refractivity contribution is 7.98. The predicted molar refractivity (Wildman–Crippen MR) is 73.0 cm³/mol. The van der Waals surface area contributed by atoms with Crippen molar-refractivity contribution in [1.82, 2.24) is 5.32 Å². The molecule has 0 spiro atoms. The fourth-order valence-electron chi connectivity index (χ4n) is 1.54. The van der Waals surface area contributed by atoms with Crippen LogP contribution in [0.4, 0.5) is 14.5 Å². The van der Waals surface area contributed by atoms with Gasteiger partial charge in [-0.3, -0.25) is 14.9 Å². The highest BCUT2D eigenvalue weighted by atomic mass is 32.2. The molecule has 0 fully saturated rings. The number of hydrogen-bond donors (Lipinski definition) is 1. The minimum absolute atomic E-state index is 0.329. The zero-order chi connectivity index (χ0) is 15.1. The van der Waals surface area contributed by atoms with E-state index in [-0.39, 0.29) is 0 Å². The molecule has 5 nitrogen and oxygen atoms in total. The number of unbranched alkanes of at least 4 members (excludes halogenated alkanes) is 1. The normalized spacial score (nSPS) is 10.3. The number of thioether (sulfide) groups is 1. The van der Waals surface area contributed by atoms with Gasteiger partial charge in [-0.15, -0.1) is 0 Å². The van der Waals surface area contributed by atoms with E-state index in [1.807, 2.05) is 6.26 Å². The van der Waals surface area contributed by atoms with Crippen molar-refractivity contribution >= 4 is 23.4 Å². The van der Waals surface area contributed by atoms with Gasteiger partial charge < -0.3 is 5.32 Å². The second-order valence-corrected chi connectivity index (χ2v) is 4.98. The molecule has 0 aliphatic rings. The molecule has 0 saturated carbocycles. The molecule has 1 aromatic carbocycles. The van der Waals surface area contributed by atoms with Crippen molar-refractivity contribution in [3.63, 3.8) is 0 Å². The number of carbonyl (C=O) groups excluding carboxylic acids is 1. The molecule has 0 unspecified atom stereocenters. The molecular formula is C12H14F2N2O3S. The second kappa shape index (κ2) is 7.78. The molecule has 0 aliphatic carbocycles. The quantitative estimate of drug-likeness (QED) is 0.477. The van der Waals surface area contributed by atoms with Gasteiger partial charge in [-0.25, -0.2) is 8.78 Å². The van der Waals surface area contributed by atoms with E-state index in [4.69, 9.17) is 0 Å². The molecule has 0 radical (unpaired) electrons. The van der Waals surface area contributed by atoms with Gasteiger partial charge in [-0.1, -0.05) is 0 Å². The first-order valence-electron chi connectivity index (χ1n) is 5.88. The summed E-state index contributed by atoms with van der Waals surface area (Å²) in [5, 5.41) is 13.2. The van der Waals surface area contributed by atoms with Crippen molar-refractivity contribution in [3.8, 4) is 0 Å². The topological polar surface area (TPSA) is 72.2 Å². The summed E-state index contributed by atoms with van der Waals surface area (Å²) < 4.78 is 26.1. The van der Waals surface area contributed by atoms with Crippen LogP contribution in [0.25, 0.3) is 0 Å². The van der Waals surface area contributed by atoms with Crippen LogP contribution in [0.1, 0.15) is 23.2 Å². The first-order chi connectivity index (χ1) is 9.47. The molecule has 20 heavy (non-hydrogen) atoms. The number of benzene rings is 1. The van der Waals surface area contributed by atoms with Crippen LogP contribution in [0.3, 0.4) is 0 Å². The van der Waals surface area contributed by atoms with Gasteiger partial charge in [0.1, 0.15) is 5.56 Å². The van der Waals surface area contributed by atoms with Crippen LogP contribution in [0, 0.1) is 21.7 Å². The summed E-state index contributed by atoms with van der Waals surface area (Å²) in [7, 11) is 0. The highest BCUT2D eigenvalue weighted by Gasteiger charge is 2.23. The average Bonchev–Trinajstić information content (AvgIpc) is 2.40. The minimum Gasteiger partial charge on any atom is -0.352 e. The molecule has 0 aliphatic heterocycles. The van der Waals surface area contributed by atoms with Crippen LogP contribution < -0.4 is 5.32 Å². The summed E-state index contributed by atoms with van der Waals surface area (Å²) in [6.07, 6.45) is 3.56. The number of rotatable bonds is 7. The van der Waals surface area contributed by atoms with Crippen molar-refractivity contribution < 1.29 is 18.5 Å². The van der Waals surface area contributed by atoms with Crippen molar-refractivity contribution in [2.75, 3.05) is 18.6 Å². The third-order valence-electron chi connectivity index (χ3n) is 2.54. The second-order valence-electron chi connectivity index (χ2n) is 4.00. The molecule has 0 heterocycles. The lowest BCUT2D eigenvalue weighted by molar-refractivity contribution is -0.385. The van der Waals surface area contributed by atoms with E-state index in [0.717, 1.165) is 12.2 Å². The number of amides is 1. The molecule has 0 atom stereocenters. The maximum Gasteiger partial charge on any atom is 0.285 e. The molecule has 0 bridgehead atoms. The summed E-state index contributed by atoms with van der Waals surface area (Å²) in [5.74, 6) is -2.47. The summed E-state index contributed by atoms with van der Waals surface area (Å²) in [6.45, 7) is 0.329. The van der Waals surface area contributed by atoms with Gasteiger partial charge in [0.15, 0.2) is 11.6 Å². The molecule has 0 saturated heterocycles. The Labute approximate surface area is 118 Å². The number of nitro groups is 1. The van der Waals surface area contributed by atoms with Crippen molar-refractivity contribution in [2.24, 2.45) is 0 Å². The smallest absolute Gasteiger partial charge is 0.285 e. The van der Waals surface area contributed by atoms with Crippen LogP contribution in [-0.4, -0.2) is 29.4 Å². The molecule has 110 valence electrons. The van der Waals surface area contributed by atoms with Crippen LogP contribution in [0.15, 0.2) is 12.1 Å². The predicted octanol–water partition coefficient (Wildman–Crippen LogP) is 2.75. The van der Waals surface area contributed by atoms with E-state index < -0.39 is 33.7 Å². The monoisotopic (exact) mass is 304 g/mol. The van der Waals surface area contributed by atoms with Gasteiger partial charge >= 0.3 is 0 Å². The number of carbonyl (C=O) groups is 1. The van der Waals surface area contributed by atoms with Gasteiger partial charge in [0.05, 0.1) is 11.0 Å². The molecule has 1 rings (SSSR count). The highest BCUT2D eigenvalue weighted by Crippen LogP contribution is 2.22. The maximum atomic E-state index is 13.1. The van der Waals surface area contributed by atoms with E-state index in [0.29, 0.717) is 25.1 Å². The summed E-state index contributed by atoms with van der Waals surface area (Å²) in [6, 6.07) is 0.961. The zero-order valence-corrected chi connectivity index (χ0v) is 11.6. The van der Waals surface area contributed by atoms with E-state index >= 15 is 0 Å². The minimum atomic E-state index is -1.35. The third-order valence-corrected chi connectivity index (χ3v) is 3.24. The van der Waals surface area contributed by atoms with E-state index in [1.165, 1.54) is 0 Å². The van der Waals surface area contributed by atoms with Crippen LogP contribution in [-0.2, 0) is 0 Å². The van der Waals surface area contributed by atoms with Gasteiger partial charge in [-0.05, 0) is 30.9 Å². The zero-order valence-electron chi connectivity index (χ0n) is 10.8. The van der Waals surface area contributed by atoms with Gasteiger partial charge in [0.2, 0.25) is 0 Å². The van der Waals surface area contributed by atoms with Crippen molar-refractivity contribution in [2.45, 2.75) is 12.8 Å². The lowest BCUT2D eigenvalue weighted by Gasteiger charge is -2.06. The Hall–Kier alpha value is -1.70. The molecular weight excluding hydrogens is 290 g/mol. The lowest BCUT2D eigenvalue weighted by atomic mass is 10.1. The van der Waals surface area contributed by atoms with E-state index in [2.05, 4.69) is 5.32 Å². The Morgan fingerprint density at radius 2 is 2.00 bits per heavy atom. The van der Waals surface area contributed by atoms with Crippen LogP contribution in [0.5, 0.6) is 0 Å². The number of hydrogen-bond acceptors (Lipinski definition) is 4. The van der Waals surface area contributed by atoms with Gasteiger partial charge in [-0.2, -0.15) is 11.8 Å². The van der Waals surface area contributed by atoms with Gasteiger partial charge in [0, 0.05) is 6.54 Å². The average molecular weight is 304 g/mol. The lowest BCUT2D eigenvalue weighted by Crippen LogP contribution is -2.25. The molecule has 0 aromatic heterocycles. The van der Waals surface area contributed by atoms with Crippen molar-refractivity contribution in [1.29, 1.82) is 0 Å². The number of nitrogens with one attached hydrogen (secondary N) is 1. The SMILES string of the molecule is CSCCCCNC(=O)c1cc(F)c(F)cc1[N+](=O)[O-]. The van der Waals surface area contributed by atoms with Crippen LogP contribution >= 0.6 is 11.8 Å². The van der Waals surface area contributed by atoms with E-state index in [1.54, 1.807) is 11.8 Å². The number of halogens is 2. The number of nitrogens with zero attached hydrogens (tertiary/aromatic N) is 1. The first-order valence-corrected chi connectivity index (χ1v) is 7.27. The first kappa shape index (κ1) is 16.4. The Bertz CT molecular complexity index is 512. The fraction of sp³-hybridized carbons (Fsp3) is 0.417. The summed E-state index contributed by atoms with van der Waals surface area (Å²) >= 11 is 1.67. The largest absolute Gasteiger partial charge is 0.352 e. The maximum absolute atomic E-state index is 13.1. The fourth-order valence-corrected chi connectivity index (χ4v) is 2.03. The Kier molecular flexibility index (Phi) is 6.37. The Balaban J connectivity index is 2.76. The molecule has 8 heteroatoms. The standard InChI is InChI=1S/C12H14F2N2O3S/c1-20-5-3-2-4-15-12(17)8-6-9(13)10(14)7-11(8)16(18)19/h6-7H,2-5H2,1H3,(H,15,17). The van der Waals surface area contributed by atoms with E-state index in [9.17, 15) is 23.7 Å². The number of nitro benzene ring substituents is 1. The third kappa shape index (κ3) is 4.44. The van der Waals surface area contributed by atoms with Crippen molar-refractivity contribution in [3.05, 3.63) is 39.4 Å².